The van der Waals surface area contributed by atoms with Crippen LogP contribution in [0, 0.1) is 0 Å². The summed E-state index contributed by atoms with van der Waals surface area (Å²) in [6, 6.07) is -0.154. The molecule has 2 unspecified atom stereocenters. The lowest BCUT2D eigenvalue weighted by atomic mass is 10.2. The number of β-amino-alcohol motifs (C(OH)–C–C–N with tert-alkyl or cyclic N) is 1. The molecular weight excluding hydrogens is 264 g/mol. The number of aromatic nitrogens is 2. The Kier molecular flexibility index (Phi) is 4.05. The van der Waals surface area contributed by atoms with E-state index >= 15 is 0 Å². The van der Waals surface area contributed by atoms with Gasteiger partial charge in [0.15, 0.2) is 0 Å². The smallest absolute Gasteiger partial charge is 0.325 e. The number of carbonyl (C=O) groups is 1. The van der Waals surface area contributed by atoms with Crippen LogP contribution in [0.3, 0.4) is 0 Å². The highest BCUT2D eigenvalue weighted by Crippen LogP contribution is 2.20. The normalized spacial score (nSPS) is 22.5. The van der Waals surface area contributed by atoms with Crippen molar-refractivity contribution in [3.63, 3.8) is 0 Å². The van der Waals surface area contributed by atoms with Gasteiger partial charge < -0.3 is 19.9 Å². The van der Waals surface area contributed by atoms with Crippen LogP contribution in [0.15, 0.2) is 15.8 Å². The SMILES string of the molecule is CN(C)CC1CC(O)CN1C(=O)c1c[nH]c(=O)[nH]c1=O. The van der Waals surface area contributed by atoms with Gasteiger partial charge in [0, 0.05) is 25.3 Å². The molecule has 1 fully saturated rings. The second kappa shape index (κ2) is 5.59. The van der Waals surface area contributed by atoms with Crippen molar-refractivity contribution in [1.82, 2.24) is 19.8 Å². The fourth-order valence-electron chi connectivity index (χ4n) is 2.46. The van der Waals surface area contributed by atoms with Gasteiger partial charge in [-0.25, -0.2) is 4.79 Å². The van der Waals surface area contributed by atoms with Crippen LogP contribution in [0.25, 0.3) is 0 Å². The molecule has 1 aliphatic rings. The fraction of sp³-hybridized carbons (Fsp3) is 0.583. The van der Waals surface area contributed by atoms with E-state index in [1.54, 1.807) is 0 Å². The molecule has 0 radical (unpaired) electrons. The van der Waals surface area contributed by atoms with E-state index in [4.69, 9.17) is 0 Å². The summed E-state index contributed by atoms with van der Waals surface area (Å²) >= 11 is 0. The maximum atomic E-state index is 12.4. The van der Waals surface area contributed by atoms with Gasteiger partial charge in [-0.05, 0) is 20.5 Å². The Morgan fingerprint density at radius 1 is 1.50 bits per heavy atom. The van der Waals surface area contributed by atoms with Gasteiger partial charge in [0.25, 0.3) is 11.5 Å². The van der Waals surface area contributed by atoms with E-state index in [-0.39, 0.29) is 18.2 Å². The molecule has 2 rings (SSSR count). The largest absolute Gasteiger partial charge is 0.391 e. The van der Waals surface area contributed by atoms with Gasteiger partial charge in [0.1, 0.15) is 5.56 Å². The molecule has 0 aliphatic carbocycles. The summed E-state index contributed by atoms with van der Waals surface area (Å²) in [7, 11) is 3.75. The van der Waals surface area contributed by atoms with Gasteiger partial charge in [0.05, 0.1) is 6.10 Å². The summed E-state index contributed by atoms with van der Waals surface area (Å²) in [6.45, 7) is 0.792. The van der Waals surface area contributed by atoms with Gasteiger partial charge in [0.2, 0.25) is 0 Å². The Labute approximate surface area is 115 Å². The van der Waals surface area contributed by atoms with E-state index in [2.05, 4.69) is 4.98 Å². The molecular formula is C12H18N4O4. The van der Waals surface area contributed by atoms with Crippen molar-refractivity contribution in [2.75, 3.05) is 27.2 Å². The van der Waals surface area contributed by atoms with Gasteiger partial charge in [-0.2, -0.15) is 0 Å². The number of nitrogens with one attached hydrogen (secondary N) is 2. The second-order valence-electron chi connectivity index (χ2n) is 5.25. The number of likely N-dealkylation sites (tertiary alicyclic amines) is 1. The molecule has 2 heterocycles. The van der Waals surface area contributed by atoms with Crippen LogP contribution in [0.1, 0.15) is 16.8 Å². The number of hydrogen-bond acceptors (Lipinski definition) is 5. The Balaban J connectivity index is 2.26. The van der Waals surface area contributed by atoms with E-state index in [9.17, 15) is 19.5 Å². The summed E-state index contributed by atoms with van der Waals surface area (Å²) in [5.74, 6) is -0.481. The number of nitrogens with zero attached hydrogens (tertiary/aromatic N) is 2. The molecule has 1 aromatic heterocycles. The first-order valence-electron chi connectivity index (χ1n) is 6.34. The molecule has 1 amide bonds. The second-order valence-corrected chi connectivity index (χ2v) is 5.25. The standard InChI is InChI=1S/C12H18N4O4/c1-15(2)5-7-3-8(17)6-16(7)11(19)9-4-13-12(20)14-10(9)18/h4,7-8,17H,3,5-6H2,1-2H3,(H2,13,14,18,20). The van der Waals surface area contributed by atoms with Crippen LogP contribution >= 0.6 is 0 Å². The van der Waals surface area contributed by atoms with Crippen molar-refractivity contribution in [2.45, 2.75) is 18.6 Å². The lowest BCUT2D eigenvalue weighted by molar-refractivity contribution is 0.0696. The molecule has 1 aromatic rings. The minimum absolute atomic E-state index is 0.123. The average molecular weight is 282 g/mol. The average Bonchev–Trinajstić information content (AvgIpc) is 2.68. The molecule has 110 valence electrons. The number of aromatic amines is 2. The van der Waals surface area contributed by atoms with Gasteiger partial charge in [-0.15, -0.1) is 0 Å². The van der Waals surface area contributed by atoms with Crippen LogP contribution in [0.2, 0.25) is 0 Å². The molecule has 0 saturated carbocycles. The van der Waals surface area contributed by atoms with Crippen LogP contribution < -0.4 is 11.2 Å². The third-order valence-corrected chi connectivity index (χ3v) is 3.28. The van der Waals surface area contributed by atoms with Crippen molar-refractivity contribution in [2.24, 2.45) is 0 Å². The Bertz CT molecular complexity index is 606. The minimum Gasteiger partial charge on any atom is -0.391 e. The predicted octanol–water partition coefficient (Wildman–Crippen LogP) is -1.80. The monoisotopic (exact) mass is 282 g/mol. The zero-order chi connectivity index (χ0) is 14.9. The zero-order valence-electron chi connectivity index (χ0n) is 11.4. The van der Waals surface area contributed by atoms with E-state index in [0.29, 0.717) is 13.0 Å². The van der Waals surface area contributed by atoms with Gasteiger partial charge in [-0.1, -0.05) is 0 Å². The third kappa shape index (κ3) is 2.97. The summed E-state index contributed by atoms with van der Waals surface area (Å²) in [5, 5.41) is 9.74. The predicted molar refractivity (Wildman–Crippen MR) is 71.7 cm³/mol. The highest BCUT2D eigenvalue weighted by Gasteiger charge is 2.35. The number of H-pyrrole nitrogens is 2. The third-order valence-electron chi connectivity index (χ3n) is 3.28. The first kappa shape index (κ1) is 14.5. The van der Waals surface area contributed by atoms with Crippen molar-refractivity contribution in [3.8, 4) is 0 Å². The summed E-state index contributed by atoms with van der Waals surface area (Å²) in [4.78, 5) is 42.7. The topological polar surface area (TPSA) is 110 Å². The maximum Gasteiger partial charge on any atom is 0.325 e. The molecule has 8 nitrogen and oxygen atoms in total. The highest BCUT2D eigenvalue weighted by molar-refractivity contribution is 5.94. The van der Waals surface area contributed by atoms with E-state index in [0.717, 1.165) is 6.20 Å². The molecule has 2 atom stereocenters. The van der Waals surface area contributed by atoms with Crippen LogP contribution in [-0.2, 0) is 0 Å². The Hall–Kier alpha value is -1.93. The number of carbonyl (C=O) groups excluding carboxylic acids is 1. The molecule has 1 saturated heterocycles. The molecule has 0 spiro atoms. The molecule has 1 aliphatic heterocycles. The number of likely N-dealkylation sites (N-methyl/N-ethyl adjacent to an activating group) is 1. The maximum absolute atomic E-state index is 12.4. The number of aliphatic hydroxyl groups is 1. The Morgan fingerprint density at radius 3 is 2.80 bits per heavy atom. The minimum atomic E-state index is -0.719. The van der Waals surface area contributed by atoms with Crippen molar-refractivity contribution < 1.29 is 9.90 Å². The molecule has 3 N–H and O–H groups in total. The molecule has 0 bridgehead atoms. The molecule has 8 heteroatoms. The van der Waals surface area contributed by atoms with Crippen LogP contribution in [0.4, 0.5) is 0 Å². The van der Waals surface area contributed by atoms with Crippen molar-refractivity contribution in [1.29, 1.82) is 0 Å². The van der Waals surface area contributed by atoms with Gasteiger partial charge in [-0.3, -0.25) is 14.6 Å². The Morgan fingerprint density at radius 2 is 2.20 bits per heavy atom. The highest BCUT2D eigenvalue weighted by atomic mass is 16.3. The summed E-state index contributed by atoms with van der Waals surface area (Å²) < 4.78 is 0. The zero-order valence-corrected chi connectivity index (χ0v) is 11.4. The van der Waals surface area contributed by atoms with Crippen molar-refractivity contribution in [3.05, 3.63) is 32.6 Å². The molecule has 0 aromatic carbocycles. The summed E-state index contributed by atoms with van der Waals surface area (Å²) in [5.41, 5.74) is -1.50. The van der Waals surface area contributed by atoms with Crippen LogP contribution in [-0.4, -0.2) is 70.1 Å². The van der Waals surface area contributed by atoms with E-state index in [1.807, 2.05) is 24.0 Å². The number of hydrogen-bond donors (Lipinski definition) is 3. The van der Waals surface area contributed by atoms with Crippen LogP contribution in [0.5, 0.6) is 0 Å². The summed E-state index contributed by atoms with van der Waals surface area (Å²) in [6.07, 6.45) is 0.997. The number of aliphatic hydroxyl groups excluding tert-OH is 1. The van der Waals surface area contributed by atoms with E-state index in [1.165, 1.54) is 4.90 Å². The fourth-order valence-corrected chi connectivity index (χ4v) is 2.46. The first-order chi connectivity index (χ1) is 9.38. The molecule has 20 heavy (non-hydrogen) atoms. The lowest BCUT2D eigenvalue weighted by Gasteiger charge is -2.26. The number of rotatable bonds is 3. The van der Waals surface area contributed by atoms with Gasteiger partial charge >= 0.3 is 5.69 Å². The first-order valence-corrected chi connectivity index (χ1v) is 6.34. The number of amides is 1. The van der Waals surface area contributed by atoms with Crippen molar-refractivity contribution >= 4 is 5.91 Å². The lowest BCUT2D eigenvalue weighted by Crippen LogP contribution is -2.43. The van der Waals surface area contributed by atoms with E-state index < -0.39 is 23.3 Å². The quantitative estimate of drug-likeness (QED) is 0.606.